The van der Waals surface area contributed by atoms with Gasteiger partial charge in [0, 0.05) is 23.2 Å². The SMILES string of the molecule is O=C(Nc1ccn(Cc2ccccc2F)n1)Nc1cccc2ccccc12. The largest absolute Gasteiger partial charge is 0.324 e. The molecule has 6 heteroatoms. The summed E-state index contributed by atoms with van der Waals surface area (Å²) in [7, 11) is 0. The zero-order valence-corrected chi connectivity index (χ0v) is 14.4. The molecule has 0 atom stereocenters. The number of amides is 2. The minimum absolute atomic E-state index is 0.281. The van der Waals surface area contributed by atoms with E-state index in [1.807, 2.05) is 42.5 Å². The van der Waals surface area contributed by atoms with Crippen LogP contribution in [0, 0.1) is 5.82 Å². The van der Waals surface area contributed by atoms with E-state index in [-0.39, 0.29) is 11.8 Å². The van der Waals surface area contributed by atoms with Crippen molar-refractivity contribution < 1.29 is 9.18 Å². The highest BCUT2D eigenvalue weighted by Crippen LogP contribution is 2.23. The van der Waals surface area contributed by atoms with Gasteiger partial charge in [0.15, 0.2) is 5.82 Å². The van der Waals surface area contributed by atoms with E-state index >= 15 is 0 Å². The lowest BCUT2D eigenvalue weighted by atomic mass is 10.1. The molecule has 0 aliphatic carbocycles. The molecule has 27 heavy (non-hydrogen) atoms. The molecular weight excluding hydrogens is 343 g/mol. The van der Waals surface area contributed by atoms with Crippen molar-refractivity contribution in [3.05, 3.63) is 90.4 Å². The standard InChI is InChI=1S/C21H17FN4O/c22-18-10-4-2-7-16(18)14-26-13-12-20(25-26)24-21(27)23-19-11-5-8-15-6-1-3-9-17(15)19/h1-13H,14H2,(H2,23,24,25,27). The van der Waals surface area contributed by atoms with Crippen LogP contribution < -0.4 is 10.6 Å². The van der Waals surface area contributed by atoms with Gasteiger partial charge < -0.3 is 5.32 Å². The summed E-state index contributed by atoms with van der Waals surface area (Å²) >= 11 is 0. The topological polar surface area (TPSA) is 59.0 Å². The monoisotopic (exact) mass is 360 g/mol. The van der Waals surface area contributed by atoms with Crippen molar-refractivity contribution in [2.24, 2.45) is 0 Å². The molecule has 0 fully saturated rings. The van der Waals surface area contributed by atoms with Gasteiger partial charge >= 0.3 is 6.03 Å². The molecule has 0 bridgehead atoms. The van der Waals surface area contributed by atoms with Crippen LogP contribution in [0.2, 0.25) is 0 Å². The fourth-order valence-corrected chi connectivity index (χ4v) is 2.92. The van der Waals surface area contributed by atoms with Gasteiger partial charge in [-0.25, -0.2) is 9.18 Å². The number of hydrogen-bond donors (Lipinski definition) is 2. The first kappa shape index (κ1) is 16.8. The highest BCUT2D eigenvalue weighted by atomic mass is 19.1. The lowest BCUT2D eigenvalue weighted by Crippen LogP contribution is -2.20. The van der Waals surface area contributed by atoms with Gasteiger partial charge in [-0.2, -0.15) is 5.10 Å². The molecule has 0 aliphatic heterocycles. The van der Waals surface area contributed by atoms with Gasteiger partial charge in [0.1, 0.15) is 5.82 Å². The van der Waals surface area contributed by atoms with Crippen molar-refractivity contribution in [1.29, 1.82) is 0 Å². The van der Waals surface area contributed by atoms with Gasteiger partial charge in [-0.1, -0.05) is 54.6 Å². The Balaban J connectivity index is 1.44. The number of hydrogen-bond acceptors (Lipinski definition) is 2. The quantitative estimate of drug-likeness (QED) is 0.546. The molecule has 0 aliphatic rings. The maximum Gasteiger partial charge on any atom is 0.324 e. The van der Waals surface area contributed by atoms with Crippen molar-refractivity contribution in [2.75, 3.05) is 10.6 Å². The van der Waals surface area contributed by atoms with Crippen molar-refractivity contribution >= 4 is 28.3 Å². The first-order valence-electron chi connectivity index (χ1n) is 8.52. The van der Waals surface area contributed by atoms with E-state index in [1.54, 1.807) is 35.1 Å². The van der Waals surface area contributed by atoms with Crippen LogP contribution in [0.4, 0.5) is 20.7 Å². The van der Waals surface area contributed by atoms with Crippen LogP contribution in [0.3, 0.4) is 0 Å². The predicted molar refractivity (Wildman–Crippen MR) is 104 cm³/mol. The molecule has 2 N–H and O–H groups in total. The van der Waals surface area contributed by atoms with E-state index in [1.165, 1.54) is 6.07 Å². The van der Waals surface area contributed by atoms with E-state index in [4.69, 9.17) is 0 Å². The lowest BCUT2D eigenvalue weighted by Gasteiger charge is -2.09. The van der Waals surface area contributed by atoms with Crippen molar-refractivity contribution in [3.8, 4) is 0 Å². The zero-order valence-electron chi connectivity index (χ0n) is 14.4. The van der Waals surface area contributed by atoms with Crippen molar-refractivity contribution in [2.45, 2.75) is 6.54 Å². The molecule has 4 rings (SSSR count). The zero-order chi connectivity index (χ0) is 18.6. The van der Waals surface area contributed by atoms with Crippen LogP contribution in [0.1, 0.15) is 5.56 Å². The molecule has 0 saturated carbocycles. The summed E-state index contributed by atoms with van der Waals surface area (Å²) in [5.41, 5.74) is 1.25. The predicted octanol–water partition coefficient (Wildman–Crippen LogP) is 4.87. The van der Waals surface area contributed by atoms with Gasteiger partial charge in [-0.3, -0.25) is 10.00 Å². The maximum absolute atomic E-state index is 13.7. The highest BCUT2D eigenvalue weighted by molar-refractivity contribution is 6.05. The molecule has 1 aromatic heterocycles. The third-order valence-electron chi connectivity index (χ3n) is 4.21. The molecule has 0 spiro atoms. The van der Waals surface area contributed by atoms with Gasteiger partial charge in [0.25, 0.3) is 0 Å². The number of fused-ring (bicyclic) bond motifs is 1. The van der Waals surface area contributed by atoms with Gasteiger partial charge in [0.2, 0.25) is 0 Å². The summed E-state index contributed by atoms with van der Waals surface area (Å²) in [6.45, 7) is 0.291. The maximum atomic E-state index is 13.7. The third-order valence-corrected chi connectivity index (χ3v) is 4.21. The molecule has 0 saturated heterocycles. The number of halogens is 1. The molecule has 0 radical (unpaired) electrons. The van der Waals surface area contributed by atoms with Crippen LogP contribution in [-0.4, -0.2) is 15.8 Å². The minimum Gasteiger partial charge on any atom is -0.307 e. The van der Waals surface area contributed by atoms with Gasteiger partial charge in [-0.05, 0) is 17.5 Å². The summed E-state index contributed by atoms with van der Waals surface area (Å²) in [5.74, 6) is 0.111. The summed E-state index contributed by atoms with van der Waals surface area (Å²) < 4.78 is 15.3. The minimum atomic E-state index is -0.387. The van der Waals surface area contributed by atoms with Gasteiger partial charge in [-0.15, -0.1) is 0 Å². The summed E-state index contributed by atoms with van der Waals surface area (Å²) in [5, 5.41) is 11.8. The Kier molecular flexibility index (Phi) is 4.53. The number of urea groups is 1. The third kappa shape index (κ3) is 3.79. The van der Waals surface area contributed by atoms with E-state index in [0.29, 0.717) is 17.9 Å². The Labute approximate surface area is 155 Å². The van der Waals surface area contributed by atoms with E-state index in [9.17, 15) is 9.18 Å². The number of anilines is 2. The van der Waals surface area contributed by atoms with Crippen LogP contribution in [0.25, 0.3) is 10.8 Å². The second kappa shape index (κ2) is 7.29. The van der Waals surface area contributed by atoms with Crippen LogP contribution in [0.15, 0.2) is 79.0 Å². The fraction of sp³-hybridized carbons (Fsp3) is 0.0476. The van der Waals surface area contributed by atoms with Crippen LogP contribution in [-0.2, 0) is 6.54 Å². The van der Waals surface area contributed by atoms with E-state index < -0.39 is 0 Å². The van der Waals surface area contributed by atoms with Crippen LogP contribution in [0.5, 0.6) is 0 Å². The highest BCUT2D eigenvalue weighted by Gasteiger charge is 2.08. The van der Waals surface area contributed by atoms with Crippen molar-refractivity contribution in [1.82, 2.24) is 9.78 Å². The summed E-state index contributed by atoms with van der Waals surface area (Å²) in [4.78, 5) is 12.3. The molecular formula is C21H17FN4O. The molecule has 134 valence electrons. The second-order valence-electron chi connectivity index (χ2n) is 6.10. The van der Waals surface area contributed by atoms with Crippen LogP contribution >= 0.6 is 0 Å². The van der Waals surface area contributed by atoms with Gasteiger partial charge in [0.05, 0.1) is 12.2 Å². The first-order valence-corrected chi connectivity index (χ1v) is 8.52. The van der Waals surface area contributed by atoms with E-state index in [2.05, 4.69) is 15.7 Å². The molecule has 2 amide bonds. The second-order valence-corrected chi connectivity index (χ2v) is 6.10. The Hall–Kier alpha value is -3.67. The Morgan fingerprint density at radius 2 is 1.70 bits per heavy atom. The Bertz CT molecular complexity index is 1100. The Morgan fingerprint density at radius 1 is 0.926 bits per heavy atom. The smallest absolute Gasteiger partial charge is 0.307 e. The number of benzene rings is 3. The van der Waals surface area contributed by atoms with E-state index in [0.717, 1.165) is 16.5 Å². The molecule has 0 unspecified atom stereocenters. The molecule has 4 aromatic rings. The first-order chi connectivity index (χ1) is 13.2. The summed E-state index contributed by atoms with van der Waals surface area (Å²) in [6.07, 6.45) is 1.69. The fourth-order valence-electron chi connectivity index (χ4n) is 2.92. The molecule has 3 aromatic carbocycles. The average Bonchev–Trinajstić information content (AvgIpc) is 3.11. The van der Waals surface area contributed by atoms with Crippen molar-refractivity contribution in [3.63, 3.8) is 0 Å². The number of rotatable bonds is 4. The number of nitrogens with zero attached hydrogens (tertiary/aromatic N) is 2. The molecule has 1 heterocycles. The summed E-state index contributed by atoms with van der Waals surface area (Å²) in [6, 6.07) is 21.4. The molecule has 5 nitrogen and oxygen atoms in total. The Morgan fingerprint density at radius 3 is 2.59 bits per heavy atom. The average molecular weight is 360 g/mol. The number of nitrogens with one attached hydrogen (secondary N) is 2. The normalized spacial score (nSPS) is 10.7. The lowest BCUT2D eigenvalue weighted by molar-refractivity contribution is 0.262. The number of aromatic nitrogens is 2. The number of carbonyl (C=O) groups excluding carboxylic acids is 1. The number of carbonyl (C=O) groups is 1.